The van der Waals surface area contributed by atoms with Gasteiger partial charge < -0.3 is 10.6 Å². The van der Waals surface area contributed by atoms with E-state index < -0.39 is 14.9 Å². The number of nitrogens with one attached hydrogen (secondary N) is 2. The zero-order valence-electron chi connectivity index (χ0n) is 18.1. The second kappa shape index (κ2) is 10.0. The van der Waals surface area contributed by atoms with Crippen LogP contribution in [-0.2, 0) is 14.8 Å². The average molecular weight is 462 g/mol. The monoisotopic (exact) mass is 461 g/mol. The molecule has 2 aromatic rings. The first-order valence-corrected chi connectivity index (χ1v) is 11.9. The van der Waals surface area contributed by atoms with Crippen molar-refractivity contribution in [3.8, 4) is 0 Å². The lowest BCUT2D eigenvalue weighted by Crippen LogP contribution is -2.39. The predicted molar refractivity (Wildman–Crippen MR) is 121 cm³/mol. The summed E-state index contributed by atoms with van der Waals surface area (Å²) in [6.07, 6.45) is 3.42. The Labute approximate surface area is 187 Å². The van der Waals surface area contributed by atoms with Gasteiger partial charge >= 0.3 is 0 Å². The summed E-state index contributed by atoms with van der Waals surface area (Å²) >= 11 is 0. The normalized spacial score (nSPS) is 17.0. The third-order valence-corrected chi connectivity index (χ3v) is 7.13. The van der Waals surface area contributed by atoms with E-state index in [1.165, 1.54) is 16.4 Å². The van der Waals surface area contributed by atoms with E-state index in [-0.39, 0.29) is 41.1 Å². The number of piperidine rings is 1. The molecule has 2 heterocycles. The molecule has 1 aliphatic rings. The Kier molecular flexibility index (Phi) is 7.41. The Morgan fingerprint density at radius 2 is 2.09 bits per heavy atom. The maximum Gasteiger partial charge on any atom is 0.293 e. The highest BCUT2D eigenvalue weighted by Crippen LogP contribution is 2.30. The summed E-state index contributed by atoms with van der Waals surface area (Å²) in [5, 5.41) is 17.1. The lowest BCUT2D eigenvalue weighted by molar-refractivity contribution is -0.384. The van der Waals surface area contributed by atoms with Gasteiger partial charge in [-0.3, -0.25) is 14.9 Å². The van der Waals surface area contributed by atoms with E-state index in [0.717, 1.165) is 24.5 Å². The third kappa shape index (κ3) is 5.80. The van der Waals surface area contributed by atoms with Gasteiger partial charge in [0.05, 0.1) is 9.82 Å². The Morgan fingerprint density at radius 1 is 1.31 bits per heavy atom. The molecule has 1 aromatic heterocycles. The van der Waals surface area contributed by atoms with Crippen molar-refractivity contribution in [3.05, 3.63) is 52.2 Å². The van der Waals surface area contributed by atoms with Gasteiger partial charge in [0.25, 0.3) is 5.69 Å². The molecule has 0 aliphatic carbocycles. The first-order chi connectivity index (χ1) is 15.2. The number of sulfonamides is 1. The fourth-order valence-electron chi connectivity index (χ4n) is 3.54. The van der Waals surface area contributed by atoms with Crippen molar-refractivity contribution in [1.82, 2.24) is 9.29 Å². The fraction of sp³-hybridized carbons (Fsp3) is 0.429. The van der Waals surface area contributed by atoms with Gasteiger partial charge in [-0.2, -0.15) is 4.31 Å². The summed E-state index contributed by atoms with van der Waals surface area (Å²) in [5.41, 5.74) is 0.774. The second-order valence-electron chi connectivity index (χ2n) is 7.99. The van der Waals surface area contributed by atoms with E-state index >= 15 is 0 Å². The number of carbonyl (C=O) groups excluding carboxylic acids is 1. The average Bonchev–Trinajstić information content (AvgIpc) is 2.75. The molecule has 0 unspecified atom stereocenters. The number of amides is 1. The summed E-state index contributed by atoms with van der Waals surface area (Å²) in [5.74, 6) is 0.374. The topological polar surface area (TPSA) is 135 Å². The molecule has 1 atom stereocenters. The maximum atomic E-state index is 12.9. The van der Waals surface area contributed by atoms with E-state index in [4.69, 9.17) is 0 Å². The number of nitro groups is 1. The minimum Gasteiger partial charge on any atom is -0.379 e. The largest absolute Gasteiger partial charge is 0.379 e. The first-order valence-electron chi connectivity index (χ1n) is 10.4. The standard InChI is InChI=1S/C21H27N5O5S/c1-15-5-8-20(23-13-15)24-21(27)9-10-22-18-7-6-17(12-19(18)26(28)29)32(30,31)25-11-3-4-16(2)14-25/h5-8,12-13,16,22H,3-4,9-11,14H2,1-2H3,(H,23,24,27)/t16-/m1/s1. The molecule has 10 nitrogen and oxygen atoms in total. The van der Waals surface area contributed by atoms with Crippen LogP contribution in [0.5, 0.6) is 0 Å². The molecular weight excluding hydrogens is 434 g/mol. The van der Waals surface area contributed by atoms with Crippen LogP contribution in [0.25, 0.3) is 0 Å². The van der Waals surface area contributed by atoms with E-state index in [9.17, 15) is 23.3 Å². The number of hydrogen-bond donors (Lipinski definition) is 2. The number of nitrogens with zero attached hydrogens (tertiary/aromatic N) is 3. The lowest BCUT2D eigenvalue weighted by atomic mass is 10.0. The van der Waals surface area contributed by atoms with Crippen LogP contribution in [-0.4, -0.2) is 48.2 Å². The number of hydrogen-bond acceptors (Lipinski definition) is 7. The molecule has 172 valence electrons. The number of benzene rings is 1. The highest BCUT2D eigenvalue weighted by molar-refractivity contribution is 7.89. The van der Waals surface area contributed by atoms with Crippen molar-refractivity contribution in [2.45, 2.75) is 38.0 Å². The van der Waals surface area contributed by atoms with E-state index in [1.807, 2.05) is 19.9 Å². The van der Waals surface area contributed by atoms with Crippen LogP contribution >= 0.6 is 0 Å². The molecule has 1 saturated heterocycles. The SMILES string of the molecule is Cc1ccc(NC(=O)CCNc2ccc(S(=O)(=O)N3CCC[C@@H](C)C3)cc2[N+](=O)[O-])nc1. The second-order valence-corrected chi connectivity index (χ2v) is 9.93. The molecule has 1 fully saturated rings. The summed E-state index contributed by atoms with van der Waals surface area (Å²) in [7, 11) is -3.81. The Morgan fingerprint density at radius 3 is 2.75 bits per heavy atom. The molecule has 3 rings (SSSR count). The van der Waals surface area contributed by atoms with Crippen LogP contribution < -0.4 is 10.6 Å². The molecular formula is C21H27N5O5S. The Bertz CT molecular complexity index is 1090. The molecule has 0 saturated carbocycles. The lowest BCUT2D eigenvalue weighted by Gasteiger charge is -2.30. The van der Waals surface area contributed by atoms with E-state index in [1.54, 1.807) is 12.3 Å². The van der Waals surface area contributed by atoms with Crippen molar-refractivity contribution in [2.75, 3.05) is 30.3 Å². The van der Waals surface area contributed by atoms with Crippen LogP contribution in [0.1, 0.15) is 31.7 Å². The van der Waals surface area contributed by atoms with Crippen molar-refractivity contribution in [2.24, 2.45) is 5.92 Å². The molecule has 32 heavy (non-hydrogen) atoms. The number of aromatic nitrogens is 1. The van der Waals surface area contributed by atoms with Crippen molar-refractivity contribution < 1.29 is 18.1 Å². The third-order valence-electron chi connectivity index (χ3n) is 5.27. The number of pyridine rings is 1. The summed E-state index contributed by atoms with van der Waals surface area (Å²) in [6, 6.07) is 7.32. The maximum absolute atomic E-state index is 12.9. The van der Waals surface area contributed by atoms with Crippen LogP contribution in [0.15, 0.2) is 41.4 Å². The van der Waals surface area contributed by atoms with Gasteiger partial charge in [0.2, 0.25) is 15.9 Å². The highest BCUT2D eigenvalue weighted by atomic mass is 32.2. The van der Waals surface area contributed by atoms with Gasteiger partial charge in [0, 0.05) is 38.3 Å². The van der Waals surface area contributed by atoms with E-state index in [0.29, 0.717) is 18.9 Å². The Balaban J connectivity index is 1.66. The van der Waals surface area contributed by atoms with Crippen LogP contribution in [0.2, 0.25) is 0 Å². The molecule has 0 bridgehead atoms. The van der Waals surface area contributed by atoms with Crippen LogP contribution in [0.3, 0.4) is 0 Å². The molecule has 0 spiro atoms. The minimum absolute atomic E-state index is 0.0540. The quantitative estimate of drug-likeness (QED) is 0.455. The van der Waals surface area contributed by atoms with Gasteiger partial charge in [-0.25, -0.2) is 13.4 Å². The number of aryl methyl sites for hydroxylation is 1. The molecule has 0 radical (unpaired) electrons. The smallest absolute Gasteiger partial charge is 0.293 e. The van der Waals surface area contributed by atoms with Gasteiger partial charge in [0.15, 0.2) is 0 Å². The molecule has 2 N–H and O–H groups in total. The number of carbonyl (C=O) groups is 1. The number of anilines is 2. The highest BCUT2D eigenvalue weighted by Gasteiger charge is 2.30. The van der Waals surface area contributed by atoms with Crippen molar-refractivity contribution >= 4 is 33.1 Å². The summed E-state index contributed by atoms with van der Waals surface area (Å²) in [6.45, 7) is 4.82. The predicted octanol–water partition coefficient (Wildman–Crippen LogP) is 3.16. The van der Waals surface area contributed by atoms with Gasteiger partial charge in [-0.05, 0) is 49.4 Å². The summed E-state index contributed by atoms with van der Waals surface area (Å²) < 4.78 is 27.3. The summed E-state index contributed by atoms with van der Waals surface area (Å²) in [4.78, 5) is 27.0. The first kappa shape index (κ1) is 23.6. The molecule has 11 heteroatoms. The van der Waals surface area contributed by atoms with Gasteiger partial charge in [-0.15, -0.1) is 0 Å². The molecule has 1 aliphatic heterocycles. The minimum atomic E-state index is -3.81. The van der Waals surface area contributed by atoms with Gasteiger partial charge in [-0.1, -0.05) is 13.0 Å². The zero-order valence-corrected chi connectivity index (χ0v) is 18.9. The van der Waals surface area contributed by atoms with Crippen molar-refractivity contribution in [3.63, 3.8) is 0 Å². The van der Waals surface area contributed by atoms with Gasteiger partial charge in [0.1, 0.15) is 11.5 Å². The molecule has 1 amide bonds. The number of nitro benzene ring substituents is 1. The van der Waals surface area contributed by atoms with Crippen LogP contribution in [0.4, 0.5) is 17.2 Å². The zero-order chi connectivity index (χ0) is 23.3. The fourth-order valence-corrected chi connectivity index (χ4v) is 5.16. The Hall–Kier alpha value is -3.05. The van der Waals surface area contributed by atoms with Crippen LogP contribution in [0, 0.1) is 23.0 Å². The number of rotatable bonds is 8. The van der Waals surface area contributed by atoms with E-state index in [2.05, 4.69) is 15.6 Å². The van der Waals surface area contributed by atoms with Crippen molar-refractivity contribution in [1.29, 1.82) is 0 Å². The molecule has 1 aromatic carbocycles.